The monoisotopic (exact) mass is 291 g/mol. The largest absolute Gasteiger partial charge is 0.307 e. The Kier molecular flexibility index (Phi) is 4.65. The Morgan fingerprint density at radius 3 is 2.95 bits per heavy atom. The molecular formula is C15H22FN5. The molecule has 0 unspecified atom stereocenters. The summed E-state index contributed by atoms with van der Waals surface area (Å²) >= 11 is 0. The molecule has 1 fully saturated rings. The molecule has 0 atom stereocenters. The van der Waals surface area contributed by atoms with Crippen LogP contribution in [-0.4, -0.2) is 26.2 Å². The molecule has 2 heterocycles. The molecule has 21 heavy (non-hydrogen) atoms. The number of aryl methyl sites for hydroxylation is 1. The van der Waals surface area contributed by atoms with E-state index in [1.165, 1.54) is 31.2 Å². The van der Waals surface area contributed by atoms with Gasteiger partial charge in [0.1, 0.15) is 6.67 Å². The normalized spacial score (nSPS) is 15.9. The van der Waals surface area contributed by atoms with Gasteiger partial charge >= 0.3 is 0 Å². The second-order valence-electron chi connectivity index (χ2n) is 5.63. The van der Waals surface area contributed by atoms with E-state index in [2.05, 4.69) is 26.4 Å². The molecule has 0 amide bonds. The molecule has 6 heteroatoms. The lowest BCUT2D eigenvalue weighted by atomic mass is 10.2. The van der Waals surface area contributed by atoms with Crippen molar-refractivity contribution in [2.75, 3.05) is 6.67 Å². The van der Waals surface area contributed by atoms with Gasteiger partial charge in [0.15, 0.2) is 0 Å². The van der Waals surface area contributed by atoms with Crippen LogP contribution in [0.5, 0.6) is 0 Å². The van der Waals surface area contributed by atoms with Gasteiger partial charge in [0.05, 0.1) is 24.5 Å². The van der Waals surface area contributed by atoms with E-state index in [-0.39, 0.29) is 6.67 Å². The van der Waals surface area contributed by atoms with Gasteiger partial charge in [-0.2, -0.15) is 10.2 Å². The zero-order chi connectivity index (χ0) is 14.5. The molecule has 2 aromatic heterocycles. The fourth-order valence-electron chi connectivity index (χ4n) is 2.88. The maximum Gasteiger partial charge on any atom is 0.109 e. The quantitative estimate of drug-likeness (QED) is 0.852. The zero-order valence-electron chi connectivity index (χ0n) is 12.2. The van der Waals surface area contributed by atoms with Crippen LogP contribution in [0, 0.1) is 0 Å². The highest BCUT2D eigenvalue weighted by Crippen LogP contribution is 2.28. The zero-order valence-corrected chi connectivity index (χ0v) is 12.2. The number of hydrogen-bond donors (Lipinski definition) is 1. The van der Waals surface area contributed by atoms with Gasteiger partial charge in [-0.3, -0.25) is 9.36 Å². The van der Waals surface area contributed by atoms with Gasteiger partial charge in [-0.15, -0.1) is 0 Å². The summed E-state index contributed by atoms with van der Waals surface area (Å²) in [7, 11) is 0. The second-order valence-corrected chi connectivity index (χ2v) is 5.63. The molecule has 2 aromatic rings. The Bertz CT molecular complexity index is 556. The van der Waals surface area contributed by atoms with E-state index in [1.54, 1.807) is 4.68 Å². The summed E-state index contributed by atoms with van der Waals surface area (Å²) in [5.41, 5.74) is 2.14. The van der Waals surface area contributed by atoms with Crippen molar-refractivity contribution in [1.82, 2.24) is 24.9 Å². The van der Waals surface area contributed by atoms with Gasteiger partial charge in [0, 0.05) is 31.0 Å². The molecule has 3 rings (SSSR count). The van der Waals surface area contributed by atoms with Crippen LogP contribution in [0.25, 0.3) is 0 Å². The molecule has 1 aliphatic carbocycles. The minimum Gasteiger partial charge on any atom is -0.307 e. The molecule has 1 N–H and O–H groups in total. The van der Waals surface area contributed by atoms with Crippen molar-refractivity contribution in [3.8, 4) is 0 Å². The third kappa shape index (κ3) is 3.69. The number of aromatic nitrogens is 4. The van der Waals surface area contributed by atoms with Crippen molar-refractivity contribution in [3.05, 3.63) is 35.9 Å². The second kappa shape index (κ2) is 6.85. The van der Waals surface area contributed by atoms with E-state index >= 15 is 0 Å². The Hall–Kier alpha value is -1.69. The van der Waals surface area contributed by atoms with Crippen LogP contribution in [0.4, 0.5) is 4.39 Å². The number of rotatable bonds is 7. The standard InChI is InChI=1S/C15H22FN5/c16-6-8-20-7-5-14(19-20)11-17-9-13-10-18-21(12-13)15-3-1-2-4-15/h5,7,10,12,15,17H,1-4,6,8-9,11H2. The average molecular weight is 291 g/mol. The smallest absolute Gasteiger partial charge is 0.109 e. The number of nitrogens with zero attached hydrogens (tertiary/aromatic N) is 4. The van der Waals surface area contributed by atoms with Crippen molar-refractivity contribution in [1.29, 1.82) is 0 Å². The van der Waals surface area contributed by atoms with E-state index in [0.29, 0.717) is 19.1 Å². The van der Waals surface area contributed by atoms with Gasteiger partial charge in [-0.25, -0.2) is 4.39 Å². The molecule has 114 valence electrons. The average Bonchev–Trinajstić information content (AvgIpc) is 3.20. The summed E-state index contributed by atoms with van der Waals surface area (Å²) in [6.07, 6.45) is 11.0. The number of hydrogen-bond acceptors (Lipinski definition) is 3. The van der Waals surface area contributed by atoms with Crippen LogP contribution in [0.2, 0.25) is 0 Å². The van der Waals surface area contributed by atoms with Gasteiger partial charge in [-0.1, -0.05) is 12.8 Å². The van der Waals surface area contributed by atoms with Crippen LogP contribution >= 0.6 is 0 Å². The van der Waals surface area contributed by atoms with Crippen molar-refractivity contribution in [2.24, 2.45) is 0 Å². The highest BCUT2D eigenvalue weighted by atomic mass is 19.1. The molecule has 1 aliphatic rings. The van der Waals surface area contributed by atoms with E-state index in [0.717, 1.165) is 12.2 Å². The van der Waals surface area contributed by atoms with Crippen molar-refractivity contribution >= 4 is 0 Å². The minimum absolute atomic E-state index is 0.328. The Balaban J connectivity index is 1.46. The van der Waals surface area contributed by atoms with E-state index in [1.807, 2.05) is 18.5 Å². The fourth-order valence-corrected chi connectivity index (χ4v) is 2.88. The minimum atomic E-state index is -0.380. The molecule has 0 radical (unpaired) electrons. The highest BCUT2D eigenvalue weighted by Gasteiger charge is 2.17. The molecule has 0 spiro atoms. The number of nitrogens with one attached hydrogen (secondary N) is 1. The Morgan fingerprint density at radius 2 is 2.14 bits per heavy atom. The molecule has 5 nitrogen and oxygen atoms in total. The molecular weight excluding hydrogens is 269 g/mol. The SMILES string of the molecule is FCCn1ccc(CNCc2cnn(C3CCCC3)c2)n1. The third-order valence-electron chi connectivity index (χ3n) is 4.00. The highest BCUT2D eigenvalue weighted by molar-refractivity contribution is 5.05. The molecule has 0 aromatic carbocycles. The first-order valence-corrected chi connectivity index (χ1v) is 7.67. The summed E-state index contributed by atoms with van der Waals surface area (Å²) in [5, 5.41) is 12.1. The predicted octanol–water partition coefficient (Wildman–Crippen LogP) is 2.45. The maximum atomic E-state index is 12.2. The van der Waals surface area contributed by atoms with Crippen LogP contribution in [0.15, 0.2) is 24.7 Å². The van der Waals surface area contributed by atoms with Crippen LogP contribution in [-0.2, 0) is 19.6 Å². The van der Waals surface area contributed by atoms with Gasteiger partial charge < -0.3 is 5.32 Å². The van der Waals surface area contributed by atoms with Gasteiger partial charge in [0.2, 0.25) is 0 Å². The van der Waals surface area contributed by atoms with Crippen LogP contribution in [0.3, 0.4) is 0 Å². The fraction of sp³-hybridized carbons (Fsp3) is 0.600. The molecule has 0 bridgehead atoms. The summed E-state index contributed by atoms with van der Waals surface area (Å²) in [5.74, 6) is 0. The van der Waals surface area contributed by atoms with E-state index in [9.17, 15) is 4.39 Å². The lowest BCUT2D eigenvalue weighted by Crippen LogP contribution is -2.13. The van der Waals surface area contributed by atoms with Gasteiger partial charge in [-0.05, 0) is 18.9 Å². The van der Waals surface area contributed by atoms with Crippen molar-refractivity contribution < 1.29 is 4.39 Å². The van der Waals surface area contributed by atoms with Gasteiger partial charge in [0.25, 0.3) is 0 Å². The summed E-state index contributed by atoms with van der Waals surface area (Å²) in [4.78, 5) is 0. The Morgan fingerprint density at radius 1 is 1.29 bits per heavy atom. The molecule has 1 saturated carbocycles. The molecule has 0 aliphatic heterocycles. The van der Waals surface area contributed by atoms with E-state index < -0.39 is 0 Å². The maximum absolute atomic E-state index is 12.2. The first-order chi connectivity index (χ1) is 10.3. The van der Waals surface area contributed by atoms with Crippen molar-refractivity contribution in [2.45, 2.75) is 51.4 Å². The van der Waals surface area contributed by atoms with Crippen molar-refractivity contribution in [3.63, 3.8) is 0 Å². The third-order valence-corrected chi connectivity index (χ3v) is 4.00. The Labute approximate surface area is 124 Å². The topological polar surface area (TPSA) is 47.7 Å². The summed E-state index contributed by atoms with van der Waals surface area (Å²) in [6, 6.07) is 2.51. The number of alkyl halides is 1. The lowest BCUT2D eigenvalue weighted by Gasteiger charge is -2.08. The first-order valence-electron chi connectivity index (χ1n) is 7.67. The molecule has 0 saturated heterocycles. The van der Waals surface area contributed by atoms with Crippen LogP contribution < -0.4 is 5.32 Å². The van der Waals surface area contributed by atoms with E-state index in [4.69, 9.17) is 0 Å². The number of halogens is 1. The first kappa shape index (κ1) is 14.3. The predicted molar refractivity (Wildman–Crippen MR) is 78.5 cm³/mol. The summed E-state index contributed by atoms with van der Waals surface area (Å²) in [6.45, 7) is 1.42. The summed E-state index contributed by atoms with van der Waals surface area (Å²) < 4.78 is 16.0. The lowest BCUT2D eigenvalue weighted by molar-refractivity contribution is 0.425. The van der Waals surface area contributed by atoms with Crippen LogP contribution in [0.1, 0.15) is 43.0 Å².